The summed E-state index contributed by atoms with van der Waals surface area (Å²) in [6.45, 7) is 0.757. The van der Waals surface area contributed by atoms with Crippen LogP contribution in [0.2, 0.25) is 0 Å². The van der Waals surface area contributed by atoms with Gasteiger partial charge in [-0.15, -0.1) is 0 Å². The molecule has 0 aliphatic rings. The monoisotopic (exact) mass is 336 g/mol. The molecule has 4 heteroatoms. The molecule has 0 aliphatic carbocycles. The lowest BCUT2D eigenvalue weighted by Crippen LogP contribution is -2.30. The summed E-state index contributed by atoms with van der Waals surface area (Å²) in [6.07, 6.45) is 0. The Morgan fingerprint density at radius 2 is 1.71 bits per heavy atom. The second kappa shape index (κ2) is 7.32. The smallest absolute Gasteiger partial charge is 0.173 e. The molecular weight excluding hydrogens is 316 g/mol. The summed E-state index contributed by atoms with van der Waals surface area (Å²) in [5.41, 5.74) is 2.18. The van der Waals surface area contributed by atoms with Crippen molar-refractivity contribution in [3.05, 3.63) is 72.3 Å². The van der Waals surface area contributed by atoms with Gasteiger partial charge < -0.3 is 15.0 Å². The van der Waals surface area contributed by atoms with Crippen molar-refractivity contribution in [1.82, 2.24) is 4.90 Å². The van der Waals surface area contributed by atoms with Crippen LogP contribution in [0, 0.1) is 0 Å². The van der Waals surface area contributed by atoms with E-state index >= 15 is 0 Å². The van der Waals surface area contributed by atoms with Crippen molar-refractivity contribution in [2.24, 2.45) is 0 Å². The average molecular weight is 336 g/mol. The third-order valence-electron chi connectivity index (χ3n) is 3.92. The van der Waals surface area contributed by atoms with Crippen molar-refractivity contribution in [2.45, 2.75) is 6.54 Å². The lowest BCUT2D eigenvalue weighted by molar-refractivity contribution is 0.415. The van der Waals surface area contributed by atoms with Crippen LogP contribution in [-0.2, 0) is 6.54 Å². The van der Waals surface area contributed by atoms with Crippen LogP contribution in [0.3, 0.4) is 0 Å². The van der Waals surface area contributed by atoms with Gasteiger partial charge in [0.2, 0.25) is 0 Å². The molecule has 0 amide bonds. The summed E-state index contributed by atoms with van der Waals surface area (Å²) < 4.78 is 5.16. The zero-order valence-corrected chi connectivity index (χ0v) is 14.6. The molecule has 3 rings (SSSR count). The second-order valence-electron chi connectivity index (χ2n) is 5.70. The van der Waals surface area contributed by atoms with Gasteiger partial charge in [-0.3, -0.25) is 0 Å². The SMILES string of the molecule is COc1ccc(NC(=S)N(C)Cc2ccc3ccccc3c2)cc1. The molecule has 122 valence electrons. The molecule has 0 radical (unpaired) electrons. The van der Waals surface area contributed by atoms with E-state index in [-0.39, 0.29) is 0 Å². The highest BCUT2D eigenvalue weighted by Gasteiger charge is 2.06. The van der Waals surface area contributed by atoms with Gasteiger partial charge in [0.05, 0.1) is 7.11 Å². The third-order valence-corrected chi connectivity index (χ3v) is 4.34. The minimum absolute atomic E-state index is 0.688. The Morgan fingerprint density at radius 3 is 2.42 bits per heavy atom. The summed E-state index contributed by atoms with van der Waals surface area (Å²) >= 11 is 5.50. The van der Waals surface area contributed by atoms with Gasteiger partial charge in [-0.05, 0) is 58.9 Å². The van der Waals surface area contributed by atoms with Gasteiger partial charge in [0.1, 0.15) is 5.75 Å². The minimum atomic E-state index is 0.688. The van der Waals surface area contributed by atoms with Crippen LogP contribution in [0.15, 0.2) is 66.7 Å². The van der Waals surface area contributed by atoms with Crippen LogP contribution in [0.4, 0.5) is 5.69 Å². The number of rotatable bonds is 4. The first kappa shape index (κ1) is 16.3. The van der Waals surface area contributed by atoms with Crippen LogP contribution >= 0.6 is 12.2 Å². The number of hydrogen-bond acceptors (Lipinski definition) is 2. The van der Waals surface area contributed by atoms with Crippen molar-refractivity contribution in [2.75, 3.05) is 19.5 Å². The van der Waals surface area contributed by atoms with Crippen molar-refractivity contribution < 1.29 is 4.74 Å². The largest absolute Gasteiger partial charge is 0.497 e. The first-order valence-electron chi connectivity index (χ1n) is 7.79. The molecule has 0 fully saturated rings. The normalized spacial score (nSPS) is 10.4. The van der Waals surface area contributed by atoms with Gasteiger partial charge in [0, 0.05) is 19.3 Å². The molecule has 0 atom stereocenters. The molecule has 0 aliphatic heterocycles. The van der Waals surface area contributed by atoms with E-state index in [0.29, 0.717) is 5.11 Å². The van der Waals surface area contributed by atoms with Crippen molar-refractivity contribution in [3.8, 4) is 5.75 Å². The fraction of sp³-hybridized carbons (Fsp3) is 0.150. The van der Waals surface area contributed by atoms with E-state index in [0.717, 1.165) is 18.0 Å². The first-order valence-corrected chi connectivity index (χ1v) is 8.20. The summed E-state index contributed by atoms with van der Waals surface area (Å²) in [5.74, 6) is 0.830. The molecule has 0 heterocycles. The van der Waals surface area contributed by atoms with Crippen LogP contribution in [0.5, 0.6) is 5.75 Å². The molecule has 0 spiro atoms. The Hall–Kier alpha value is -2.59. The molecule has 24 heavy (non-hydrogen) atoms. The van der Waals surface area contributed by atoms with Gasteiger partial charge >= 0.3 is 0 Å². The van der Waals surface area contributed by atoms with E-state index in [4.69, 9.17) is 17.0 Å². The fourth-order valence-corrected chi connectivity index (χ4v) is 2.76. The molecule has 0 unspecified atom stereocenters. The second-order valence-corrected chi connectivity index (χ2v) is 6.08. The number of nitrogens with zero attached hydrogens (tertiary/aromatic N) is 1. The number of hydrogen-bond donors (Lipinski definition) is 1. The van der Waals surface area contributed by atoms with E-state index in [1.165, 1.54) is 16.3 Å². The zero-order chi connectivity index (χ0) is 16.9. The summed E-state index contributed by atoms with van der Waals surface area (Å²) in [7, 11) is 3.65. The number of thiocarbonyl (C=S) groups is 1. The van der Waals surface area contributed by atoms with E-state index in [2.05, 4.69) is 47.8 Å². The molecule has 3 aromatic carbocycles. The Balaban J connectivity index is 1.65. The molecule has 0 saturated heterocycles. The van der Waals surface area contributed by atoms with Crippen molar-refractivity contribution in [3.63, 3.8) is 0 Å². The summed E-state index contributed by atoms with van der Waals surface area (Å²) in [6, 6.07) is 22.6. The van der Waals surface area contributed by atoms with Gasteiger partial charge in [0.25, 0.3) is 0 Å². The van der Waals surface area contributed by atoms with E-state index in [1.54, 1.807) is 7.11 Å². The number of ether oxygens (including phenoxy) is 1. The van der Waals surface area contributed by atoms with E-state index < -0.39 is 0 Å². The highest BCUT2D eigenvalue weighted by Crippen LogP contribution is 2.18. The van der Waals surface area contributed by atoms with Gasteiger partial charge in [-0.1, -0.05) is 36.4 Å². The van der Waals surface area contributed by atoms with Crippen LogP contribution in [0.25, 0.3) is 10.8 Å². The lowest BCUT2D eigenvalue weighted by atomic mass is 10.1. The van der Waals surface area contributed by atoms with E-state index in [1.807, 2.05) is 36.2 Å². The predicted octanol–water partition coefficient (Wildman–Crippen LogP) is 4.68. The number of fused-ring (bicyclic) bond motifs is 1. The van der Waals surface area contributed by atoms with E-state index in [9.17, 15) is 0 Å². The maximum atomic E-state index is 5.50. The highest BCUT2D eigenvalue weighted by molar-refractivity contribution is 7.80. The summed E-state index contributed by atoms with van der Waals surface area (Å²) in [5, 5.41) is 6.44. The Kier molecular flexibility index (Phi) is 4.96. The van der Waals surface area contributed by atoms with Gasteiger partial charge in [0.15, 0.2) is 5.11 Å². The molecule has 1 N–H and O–H groups in total. The summed E-state index contributed by atoms with van der Waals surface area (Å²) in [4.78, 5) is 2.03. The molecule has 0 bridgehead atoms. The van der Waals surface area contributed by atoms with Crippen LogP contribution in [-0.4, -0.2) is 24.2 Å². The lowest BCUT2D eigenvalue weighted by Gasteiger charge is -2.21. The van der Waals surface area contributed by atoms with Crippen molar-refractivity contribution in [1.29, 1.82) is 0 Å². The first-order chi connectivity index (χ1) is 11.7. The average Bonchev–Trinajstić information content (AvgIpc) is 2.62. The maximum Gasteiger partial charge on any atom is 0.173 e. The predicted molar refractivity (Wildman–Crippen MR) is 105 cm³/mol. The Bertz CT molecular complexity index is 846. The van der Waals surface area contributed by atoms with Gasteiger partial charge in [-0.25, -0.2) is 0 Å². The third kappa shape index (κ3) is 3.84. The van der Waals surface area contributed by atoms with Crippen molar-refractivity contribution >= 4 is 33.8 Å². The number of methoxy groups -OCH3 is 1. The number of anilines is 1. The maximum absolute atomic E-state index is 5.50. The number of nitrogens with one attached hydrogen (secondary N) is 1. The fourth-order valence-electron chi connectivity index (χ4n) is 2.58. The number of benzene rings is 3. The van der Waals surface area contributed by atoms with Crippen LogP contribution < -0.4 is 10.1 Å². The molecule has 0 saturated carbocycles. The Morgan fingerprint density at radius 1 is 1.00 bits per heavy atom. The zero-order valence-electron chi connectivity index (χ0n) is 13.8. The molecular formula is C20H20N2OS. The van der Waals surface area contributed by atoms with Gasteiger partial charge in [-0.2, -0.15) is 0 Å². The highest BCUT2D eigenvalue weighted by atomic mass is 32.1. The minimum Gasteiger partial charge on any atom is -0.497 e. The topological polar surface area (TPSA) is 24.5 Å². The standard InChI is InChI=1S/C20H20N2OS/c1-22(20(24)21-18-9-11-19(23-2)12-10-18)14-15-7-8-16-5-3-4-6-17(16)13-15/h3-13H,14H2,1-2H3,(H,21,24). The Labute approximate surface area is 147 Å². The molecule has 3 nitrogen and oxygen atoms in total. The molecule has 3 aromatic rings. The quantitative estimate of drug-likeness (QED) is 0.699. The molecule has 0 aromatic heterocycles. The van der Waals surface area contributed by atoms with Crippen LogP contribution in [0.1, 0.15) is 5.56 Å².